The standard InChI is InChI=1S/C20H15FN2O4/c1-11-14-9-6-10-15(21)17(14)26-16(11)20(24)25-12(2)18-22-23-19(27-18)13-7-4-3-5-8-13/h3-10,12H,1-2H3/t12-/m1/s1. The van der Waals surface area contributed by atoms with E-state index in [0.29, 0.717) is 16.8 Å². The Balaban J connectivity index is 1.56. The molecule has 0 spiro atoms. The number of carbonyl (C=O) groups excluding carboxylic acids is 1. The lowest BCUT2D eigenvalue weighted by molar-refractivity contribution is 0.0245. The molecule has 0 saturated carbocycles. The van der Waals surface area contributed by atoms with Gasteiger partial charge in [-0.05, 0) is 32.0 Å². The van der Waals surface area contributed by atoms with Crippen LogP contribution in [-0.4, -0.2) is 16.2 Å². The normalized spacial score (nSPS) is 12.3. The van der Waals surface area contributed by atoms with Gasteiger partial charge in [0.2, 0.25) is 11.7 Å². The highest BCUT2D eigenvalue weighted by Gasteiger charge is 2.25. The van der Waals surface area contributed by atoms with Crippen molar-refractivity contribution >= 4 is 16.9 Å². The van der Waals surface area contributed by atoms with Crippen LogP contribution in [0, 0.1) is 12.7 Å². The van der Waals surface area contributed by atoms with Crippen molar-refractivity contribution in [2.45, 2.75) is 20.0 Å². The van der Waals surface area contributed by atoms with Crippen LogP contribution in [0.15, 0.2) is 57.4 Å². The molecule has 0 radical (unpaired) electrons. The second kappa shape index (κ2) is 6.68. The van der Waals surface area contributed by atoms with Crippen molar-refractivity contribution in [2.24, 2.45) is 0 Å². The molecule has 0 aliphatic rings. The summed E-state index contributed by atoms with van der Waals surface area (Å²) in [5.41, 5.74) is 1.30. The average Bonchev–Trinajstić information content (AvgIpc) is 3.29. The van der Waals surface area contributed by atoms with Crippen molar-refractivity contribution in [1.82, 2.24) is 10.2 Å². The van der Waals surface area contributed by atoms with Gasteiger partial charge in [0, 0.05) is 16.5 Å². The minimum absolute atomic E-state index is 0.0266. The van der Waals surface area contributed by atoms with Crippen molar-refractivity contribution < 1.29 is 22.8 Å². The molecule has 4 rings (SSSR count). The Hall–Kier alpha value is -3.48. The number of hydrogen-bond acceptors (Lipinski definition) is 6. The Morgan fingerprint density at radius 2 is 1.85 bits per heavy atom. The van der Waals surface area contributed by atoms with Crippen molar-refractivity contribution in [2.75, 3.05) is 0 Å². The molecule has 0 amide bonds. The van der Waals surface area contributed by atoms with Gasteiger partial charge in [-0.25, -0.2) is 9.18 Å². The molecule has 27 heavy (non-hydrogen) atoms. The number of hydrogen-bond donors (Lipinski definition) is 0. The van der Waals surface area contributed by atoms with Crippen molar-refractivity contribution in [3.63, 3.8) is 0 Å². The van der Waals surface area contributed by atoms with Crippen LogP contribution in [0.25, 0.3) is 22.4 Å². The van der Waals surface area contributed by atoms with E-state index < -0.39 is 17.9 Å². The van der Waals surface area contributed by atoms with Crippen LogP contribution in [0.1, 0.15) is 35.0 Å². The first-order valence-corrected chi connectivity index (χ1v) is 8.32. The summed E-state index contributed by atoms with van der Waals surface area (Å²) >= 11 is 0. The maximum Gasteiger partial charge on any atom is 0.375 e. The molecule has 0 saturated heterocycles. The lowest BCUT2D eigenvalue weighted by Crippen LogP contribution is -2.09. The monoisotopic (exact) mass is 366 g/mol. The molecule has 1 atom stereocenters. The number of aromatic nitrogens is 2. The van der Waals surface area contributed by atoms with E-state index in [-0.39, 0.29) is 17.2 Å². The number of benzene rings is 2. The van der Waals surface area contributed by atoms with E-state index in [1.807, 2.05) is 30.3 Å². The summed E-state index contributed by atoms with van der Waals surface area (Å²) in [6, 6.07) is 13.8. The SMILES string of the molecule is Cc1c(C(=O)O[C@H](C)c2nnc(-c3ccccc3)o2)oc2c(F)cccc12. The highest BCUT2D eigenvalue weighted by atomic mass is 19.1. The van der Waals surface area contributed by atoms with Gasteiger partial charge in [0.25, 0.3) is 5.89 Å². The van der Waals surface area contributed by atoms with Crippen LogP contribution >= 0.6 is 0 Å². The zero-order valence-electron chi connectivity index (χ0n) is 14.6. The number of fused-ring (bicyclic) bond motifs is 1. The second-order valence-corrected chi connectivity index (χ2v) is 6.03. The number of rotatable bonds is 4. The lowest BCUT2D eigenvalue weighted by atomic mass is 10.1. The Bertz CT molecular complexity index is 1120. The minimum atomic E-state index is -0.792. The largest absolute Gasteiger partial charge is 0.447 e. The van der Waals surface area contributed by atoms with Crippen molar-refractivity contribution in [3.8, 4) is 11.5 Å². The summed E-state index contributed by atoms with van der Waals surface area (Å²) < 4.78 is 30.2. The molecule has 136 valence electrons. The van der Waals surface area contributed by atoms with Gasteiger partial charge in [-0.3, -0.25) is 0 Å². The zero-order chi connectivity index (χ0) is 19.0. The highest BCUT2D eigenvalue weighted by molar-refractivity contribution is 5.96. The molecule has 2 aromatic heterocycles. The molecule has 0 bridgehead atoms. The van der Waals surface area contributed by atoms with Crippen LogP contribution in [0.5, 0.6) is 0 Å². The molecule has 7 heteroatoms. The number of esters is 1. The molecule has 4 aromatic rings. The molecule has 0 aliphatic heterocycles. The fourth-order valence-corrected chi connectivity index (χ4v) is 2.76. The summed E-state index contributed by atoms with van der Waals surface area (Å²) in [6.45, 7) is 3.28. The fraction of sp³-hybridized carbons (Fsp3) is 0.150. The molecule has 0 aliphatic carbocycles. The van der Waals surface area contributed by atoms with E-state index in [9.17, 15) is 9.18 Å². The zero-order valence-corrected chi connectivity index (χ0v) is 14.6. The maximum atomic E-state index is 13.9. The maximum absolute atomic E-state index is 13.9. The molecular formula is C20H15FN2O4. The third kappa shape index (κ3) is 3.08. The van der Waals surface area contributed by atoms with Gasteiger partial charge < -0.3 is 13.6 Å². The van der Waals surface area contributed by atoms with E-state index in [2.05, 4.69) is 10.2 Å². The first-order valence-electron chi connectivity index (χ1n) is 8.32. The van der Waals surface area contributed by atoms with E-state index in [4.69, 9.17) is 13.6 Å². The fourth-order valence-electron chi connectivity index (χ4n) is 2.76. The molecule has 6 nitrogen and oxygen atoms in total. The Labute approximate surface area is 153 Å². The van der Waals surface area contributed by atoms with Crippen LogP contribution < -0.4 is 0 Å². The summed E-state index contributed by atoms with van der Waals surface area (Å²) in [4.78, 5) is 12.5. The summed E-state index contributed by atoms with van der Waals surface area (Å²) in [5, 5.41) is 8.43. The molecule has 0 fully saturated rings. The van der Waals surface area contributed by atoms with Crippen molar-refractivity contribution in [1.29, 1.82) is 0 Å². The van der Waals surface area contributed by atoms with Gasteiger partial charge in [-0.2, -0.15) is 0 Å². The number of carbonyl (C=O) groups is 1. The van der Waals surface area contributed by atoms with Gasteiger partial charge in [-0.1, -0.05) is 30.3 Å². The number of aryl methyl sites for hydroxylation is 1. The number of nitrogens with zero attached hydrogens (tertiary/aromatic N) is 2. The summed E-state index contributed by atoms with van der Waals surface area (Å²) in [5.74, 6) is -0.829. The summed E-state index contributed by atoms with van der Waals surface area (Å²) in [7, 11) is 0. The van der Waals surface area contributed by atoms with Crippen LogP contribution in [0.4, 0.5) is 4.39 Å². The number of furan rings is 1. The van der Waals surface area contributed by atoms with Gasteiger partial charge >= 0.3 is 5.97 Å². The Kier molecular flexibility index (Phi) is 4.19. The first kappa shape index (κ1) is 17.0. The first-order chi connectivity index (χ1) is 13.0. The van der Waals surface area contributed by atoms with E-state index in [1.165, 1.54) is 6.07 Å². The van der Waals surface area contributed by atoms with E-state index in [0.717, 1.165) is 5.56 Å². The van der Waals surface area contributed by atoms with Crippen LogP contribution in [0.3, 0.4) is 0 Å². The van der Waals surface area contributed by atoms with Crippen LogP contribution in [-0.2, 0) is 4.74 Å². The van der Waals surface area contributed by atoms with Crippen molar-refractivity contribution in [3.05, 3.63) is 71.6 Å². The van der Waals surface area contributed by atoms with Gasteiger partial charge in [0.15, 0.2) is 17.5 Å². The van der Waals surface area contributed by atoms with Gasteiger partial charge in [0.1, 0.15) is 0 Å². The summed E-state index contributed by atoms with van der Waals surface area (Å²) in [6.07, 6.45) is -0.792. The third-order valence-corrected chi connectivity index (χ3v) is 4.19. The average molecular weight is 366 g/mol. The van der Waals surface area contributed by atoms with E-state index >= 15 is 0 Å². The molecule has 2 aromatic carbocycles. The Morgan fingerprint density at radius 3 is 2.59 bits per heavy atom. The Morgan fingerprint density at radius 1 is 1.07 bits per heavy atom. The topological polar surface area (TPSA) is 78.4 Å². The smallest absolute Gasteiger partial charge is 0.375 e. The molecule has 0 N–H and O–H groups in total. The van der Waals surface area contributed by atoms with Gasteiger partial charge in [0.05, 0.1) is 0 Å². The second-order valence-electron chi connectivity index (χ2n) is 6.03. The van der Waals surface area contributed by atoms with Gasteiger partial charge in [-0.15, -0.1) is 10.2 Å². The number of para-hydroxylation sites is 1. The lowest BCUT2D eigenvalue weighted by Gasteiger charge is -2.08. The minimum Gasteiger partial charge on any atom is -0.447 e. The quantitative estimate of drug-likeness (QED) is 0.481. The molecule has 0 unspecified atom stereocenters. The van der Waals surface area contributed by atoms with Crippen LogP contribution in [0.2, 0.25) is 0 Å². The predicted octanol–water partition coefficient (Wildman–Crippen LogP) is 4.85. The number of halogens is 1. The molecular weight excluding hydrogens is 351 g/mol. The third-order valence-electron chi connectivity index (χ3n) is 4.19. The predicted molar refractivity (Wildman–Crippen MR) is 94.5 cm³/mol. The number of ether oxygens (including phenoxy) is 1. The highest BCUT2D eigenvalue weighted by Crippen LogP contribution is 2.29. The van der Waals surface area contributed by atoms with E-state index in [1.54, 1.807) is 26.0 Å². The molecule has 2 heterocycles.